The minimum Gasteiger partial charge on any atom is -0.497 e. The molecule has 0 heterocycles. The van der Waals surface area contributed by atoms with Crippen LogP contribution in [0.1, 0.15) is 46.6 Å². The number of aliphatic hydroxyl groups is 1. The highest BCUT2D eigenvalue weighted by atomic mass is 16.5. The third-order valence-corrected chi connectivity index (χ3v) is 3.70. The van der Waals surface area contributed by atoms with Crippen molar-refractivity contribution in [3.8, 4) is 11.5 Å². The van der Waals surface area contributed by atoms with Crippen molar-refractivity contribution >= 4 is 0 Å². The molecule has 4 nitrogen and oxygen atoms in total. The van der Waals surface area contributed by atoms with E-state index in [1.807, 2.05) is 18.2 Å². The molecule has 0 aromatic heterocycles. The summed E-state index contributed by atoms with van der Waals surface area (Å²) in [4.78, 5) is 0. The molecule has 0 aliphatic carbocycles. The van der Waals surface area contributed by atoms with Gasteiger partial charge in [-0.15, -0.1) is 0 Å². The highest BCUT2D eigenvalue weighted by Gasteiger charge is 2.20. The summed E-state index contributed by atoms with van der Waals surface area (Å²) in [5.41, 5.74) is 1.03. The van der Waals surface area contributed by atoms with Gasteiger partial charge in [0.05, 0.1) is 7.11 Å². The Morgan fingerprint density at radius 1 is 1.22 bits per heavy atom. The second-order valence-corrected chi connectivity index (χ2v) is 7.46. The number of methoxy groups -OCH3 is 1. The van der Waals surface area contributed by atoms with Crippen LogP contribution in [0.5, 0.6) is 11.5 Å². The van der Waals surface area contributed by atoms with Gasteiger partial charge in [-0.25, -0.2) is 0 Å². The molecule has 2 N–H and O–H groups in total. The lowest BCUT2D eigenvalue weighted by Crippen LogP contribution is -2.32. The molecule has 1 rings (SSSR count). The number of hydrogen-bond donors (Lipinski definition) is 2. The summed E-state index contributed by atoms with van der Waals surface area (Å²) in [5.74, 6) is 2.29. The highest BCUT2D eigenvalue weighted by Crippen LogP contribution is 2.34. The average molecular weight is 323 g/mol. The van der Waals surface area contributed by atoms with Crippen LogP contribution in [0.15, 0.2) is 18.2 Å². The van der Waals surface area contributed by atoms with E-state index in [1.165, 1.54) is 0 Å². The predicted molar refractivity (Wildman–Crippen MR) is 95.5 cm³/mol. The summed E-state index contributed by atoms with van der Waals surface area (Å²) in [6.07, 6.45) is 0.595. The summed E-state index contributed by atoms with van der Waals surface area (Å²) in [5, 5.41) is 13.3. The van der Waals surface area contributed by atoms with Gasteiger partial charge in [-0.3, -0.25) is 0 Å². The SMILES string of the molecule is COc1ccc(OCC(O)CNCCC(C)C)c(C(C)(C)C)c1. The molecule has 1 unspecified atom stereocenters. The van der Waals surface area contributed by atoms with E-state index in [-0.39, 0.29) is 12.0 Å². The van der Waals surface area contributed by atoms with Gasteiger partial charge < -0.3 is 19.9 Å². The van der Waals surface area contributed by atoms with E-state index in [1.54, 1.807) is 7.11 Å². The largest absolute Gasteiger partial charge is 0.497 e. The zero-order valence-electron chi connectivity index (χ0n) is 15.5. The summed E-state index contributed by atoms with van der Waals surface area (Å²) in [6, 6.07) is 5.80. The second kappa shape index (κ2) is 9.14. The Bertz CT molecular complexity index is 466. The molecular formula is C19H33NO3. The number of rotatable bonds is 9. The van der Waals surface area contributed by atoms with Gasteiger partial charge in [0.2, 0.25) is 0 Å². The van der Waals surface area contributed by atoms with Crippen LogP contribution in [0.2, 0.25) is 0 Å². The molecule has 0 spiro atoms. The normalized spacial score (nSPS) is 13.2. The fourth-order valence-corrected chi connectivity index (χ4v) is 2.25. The number of nitrogens with one attached hydrogen (secondary N) is 1. The molecular weight excluding hydrogens is 290 g/mol. The lowest BCUT2D eigenvalue weighted by Gasteiger charge is -2.24. The maximum Gasteiger partial charge on any atom is 0.123 e. The van der Waals surface area contributed by atoms with Gasteiger partial charge in [0.15, 0.2) is 0 Å². The van der Waals surface area contributed by atoms with Crippen molar-refractivity contribution in [2.24, 2.45) is 5.92 Å². The van der Waals surface area contributed by atoms with Crippen molar-refractivity contribution < 1.29 is 14.6 Å². The van der Waals surface area contributed by atoms with Crippen LogP contribution in [-0.2, 0) is 5.41 Å². The van der Waals surface area contributed by atoms with Crippen LogP contribution in [0.3, 0.4) is 0 Å². The van der Waals surface area contributed by atoms with Gasteiger partial charge >= 0.3 is 0 Å². The Balaban J connectivity index is 2.56. The monoisotopic (exact) mass is 323 g/mol. The molecule has 0 aliphatic heterocycles. The van der Waals surface area contributed by atoms with Crippen molar-refractivity contribution in [2.45, 2.75) is 52.6 Å². The number of hydrogen-bond acceptors (Lipinski definition) is 4. The second-order valence-electron chi connectivity index (χ2n) is 7.46. The Labute approximate surface area is 141 Å². The minimum atomic E-state index is -0.517. The molecule has 1 aromatic carbocycles. The lowest BCUT2D eigenvalue weighted by molar-refractivity contribution is 0.105. The Morgan fingerprint density at radius 2 is 1.91 bits per heavy atom. The van der Waals surface area contributed by atoms with E-state index in [0.29, 0.717) is 12.5 Å². The van der Waals surface area contributed by atoms with Gasteiger partial charge in [0, 0.05) is 12.1 Å². The number of benzene rings is 1. The smallest absolute Gasteiger partial charge is 0.123 e. The minimum absolute atomic E-state index is 0.0512. The van der Waals surface area contributed by atoms with Crippen molar-refractivity contribution in [1.29, 1.82) is 0 Å². The zero-order valence-corrected chi connectivity index (χ0v) is 15.5. The first-order chi connectivity index (χ1) is 10.7. The zero-order chi connectivity index (χ0) is 17.5. The van der Waals surface area contributed by atoms with E-state index >= 15 is 0 Å². The van der Waals surface area contributed by atoms with Gasteiger partial charge in [-0.2, -0.15) is 0 Å². The fourth-order valence-electron chi connectivity index (χ4n) is 2.25. The van der Waals surface area contributed by atoms with Crippen molar-refractivity contribution in [3.63, 3.8) is 0 Å². The summed E-state index contributed by atoms with van der Waals surface area (Å²) >= 11 is 0. The van der Waals surface area contributed by atoms with E-state index in [9.17, 15) is 5.11 Å². The Morgan fingerprint density at radius 3 is 2.48 bits per heavy atom. The highest BCUT2D eigenvalue weighted by molar-refractivity contribution is 5.44. The van der Waals surface area contributed by atoms with Crippen LogP contribution in [-0.4, -0.2) is 38.0 Å². The first-order valence-electron chi connectivity index (χ1n) is 8.44. The van der Waals surface area contributed by atoms with Gasteiger partial charge in [-0.1, -0.05) is 34.6 Å². The van der Waals surface area contributed by atoms with E-state index in [0.717, 1.165) is 30.0 Å². The van der Waals surface area contributed by atoms with Crippen LogP contribution < -0.4 is 14.8 Å². The third-order valence-electron chi connectivity index (χ3n) is 3.70. The molecule has 0 fully saturated rings. The fraction of sp³-hybridized carbons (Fsp3) is 0.684. The van der Waals surface area contributed by atoms with E-state index < -0.39 is 6.10 Å². The lowest BCUT2D eigenvalue weighted by atomic mass is 9.86. The molecule has 0 amide bonds. The maximum atomic E-state index is 10.1. The summed E-state index contributed by atoms with van der Waals surface area (Å²) < 4.78 is 11.2. The standard InChI is InChI=1S/C19H33NO3/c1-14(2)9-10-20-12-15(21)13-23-18-8-7-16(22-6)11-17(18)19(3,4)5/h7-8,11,14-15,20-21H,9-10,12-13H2,1-6H3. The van der Waals surface area contributed by atoms with Crippen LogP contribution in [0, 0.1) is 5.92 Å². The molecule has 0 aliphatic rings. The van der Waals surface area contributed by atoms with Crippen LogP contribution >= 0.6 is 0 Å². The molecule has 132 valence electrons. The molecule has 0 radical (unpaired) electrons. The average Bonchev–Trinajstić information content (AvgIpc) is 2.48. The quantitative estimate of drug-likeness (QED) is 0.684. The van der Waals surface area contributed by atoms with Gasteiger partial charge in [0.25, 0.3) is 0 Å². The summed E-state index contributed by atoms with van der Waals surface area (Å²) in [7, 11) is 1.66. The molecule has 23 heavy (non-hydrogen) atoms. The molecule has 0 saturated heterocycles. The Hall–Kier alpha value is -1.26. The van der Waals surface area contributed by atoms with Crippen molar-refractivity contribution in [3.05, 3.63) is 23.8 Å². The van der Waals surface area contributed by atoms with Gasteiger partial charge in [0.1, 0.15) is 24.2 Å². The van der Waals surface area contributed by atoms with Gasteiger partial charge in [-0.05, 0) is 42.5 Å². The number of ether oxygens (including phenoxy) is 2. The first-order valence-corrected chi connectivity index (χ1v) is 8.44. The van der Waals surface area contributed by atoms with Crippen LogP contribution in [0.25, 0.3) is 0 Å². The van der Waals surface area contributed by atoms with E-state index in [2.05, 4.69) is 39.9 Å². The molecule has 4 heteroatoms. The van der Waals surface area contributed by atoms with Crippen molar-refractivity contribution in [1.82, 2.24) is 5.32 Å². The molecule has 1 atom stereocenters. The maximum absolute atomic E-state index is 10.1. The first kappa shape index (κ1) is 19.8. The van der Waals surface area contributed by atoms with E-state index in [4.69, 9.17) is 9.47 Å². The topological polar surface area (TPSA) is 50.7 Å². The molecule has 0 bridgehead atoms. The third kappa shape index (κ3) is 7.23. The number of aliphatic hydroxyl groups excluding tert-OH is 1. The van der Waals surface area contributed by atoms with Crippen LogP contribution in [0.4, 0.5) is 0 Å². The predicted octanol–water partition coefficient (Wildman–Crippen LogP) is 3.37. The molecule has 1 aromatic rings. The Kier molecular flexibility index (Phi) is 7.86. The summed E-state index contributed by atoms with van der Waals surface area (Å²) in [6.45, 7) is 12.6. The van der Waals surface area contributed by atoms with Crippen molar-refractivity contribution in [2.75, 3.05) is 26.8 Å². The molecule has 0 saturated carbocycles.